The third kappa shape index (κ3) is 3.86. The Labute approximate surface area is 151 Å². The van der Waals surface area contributed by atoms with Crippen molar-refractivity contribution in [3.63, 3.8) is 0 Å². The first-order valence-corrected chi connectivity index (χ1v) is 9.98. The third-order valence-corrected chi connectivity index (χ3v) is 5.10. The summed E-state index contributed by atoms with van der Waals surface area (Å²) < 4.78 is 16.0. The van der Waals surface area contributed by atoms with Gasteiger partial charge in [-0.2, -0.15) is 16.9 Å². The summed E-state index contributed by atoms with van der Waals surface area (Å²) in [6, 6.07) is 6.42. The van der Waals surface area contributed by atoms with Crippen LogP contribution in [0.15, 0.2) is 24.3 Å². The average Bonchev–Trinajstić information content (AvgIpc) is 3.04. The van der Waals surface area contributed by atoms with E-state index in [9.17, 15) is 9.18 Å². The van der Waals surface area contributed by atoms with E-state index in [0.29, 0.717) is 23.9 Å². The molecule has 1 amide bonds. The lowest BCUT2D eigenvalue weighted by Crippen LogP contribution is -2.38. The number of hydrogen-bond donors (Lipinski definition) is 0. The number of aromatic nitrogens is 3. The Morgan fingerprint density at radius 2 is 2.16 bits per heavy atom. The number of carbonyl (C=O) groups is 1. The van der Waals surface area contributed by atoms with E-state index in [1.54, 1.807) is 41.6 Å². The van der Waals surface area contributed by atoms with Crippen LogP contribution in [0.2, 0.25) is 0 Å². The summed E-state index contributed by atoms with van der Waals surface area (Å²) in [5.41, 5.74) is 0.384. The fourth-order valence-corrected chi connectivity index (χ4v) is 3.65. The molecule has 1 saturated heterocycles. The summed E-state index contributed by atoms with van der Waals surface area (Å²) in [5.74, 6) is 1.95. The molecule has 1 fully saturated rings. The number of halogens is 1. The molecular formula is C18H23FN4OS. The Morgan fingerprint density at radius 1 is 1.36 bits per heavy atom. The fraction of sp³-hybridized carbons (Fsp3) is 0.500. The molecule has 0 N–H and O–H groups in total. The molecule has 1 aliphatic heterocycles. The maximum atomic E-state index is 14.4. The number of thioether (sulfide) groups is 1. The van der Waals surface area contributed by atoms with Crippen LogP contribution in [-0.4, -0.2) is 44.1 Å². The first kappa shape index (κ1) is 17.9. The van der Waals surface area contributed by atoms with Crippen molar-refractivity contribution in [3.05, 3.63) is 41.7 Å². The Hall–Kier alpha value is -1.89. The lowest BCUT2D eigenvalue weighted by molar-refractivity contribution is -0.132. The van der Waals surface area contributed by atoms with Crippen molar-refractivity contribution in [3.8, 4) is 5.69 Å². The minimum Gasteiger partial charge on any atom is -0.333 e. The zero-order chi connectivity index (χ0) is 17.8. The van der Waals surface area contributed by atoms with E-state index in [1.807, 2.05) is 11.2 Å². The second kappa shape index (κ2) is 7.99. The highest BCUT2D eigenvalue weighted by Crippen LogP contribution is 2.31. The maximum absolute atomic E-state index is 14.4. The van der Waals surface area contributed by atoms with Gasteiger partial charge in [0.25, 0.3) is 0 Å². The molecule has 1 aromatic heterocycles. The molecule has 5 nitrogen and oxygen atoms in total. The van der Waals surface area contributed by atoms with Gasteiger partial charge in [0.2, 0.25) is 5.91 Å². The smallest absolute Gasteiger partial charge is 0.220 e. The van der Waals surface area contributed by atoms with Crippen molar-refractivity contribution < 1.29 is 9.18 Å². The summed E-state index contributed by atoms with van der Waals surface area (Å²) in [6.07, 6.45) is 5.60. The lowest BCUT2D eigenvalue weighted by Gasteiger charge is -2.34. The second-order valence-corrected chi connectivity index (χ2v) is 7.20. The molecule has 1 atom stereocenters. The van der Waals surface area contributed by atoms with Crippen molar-refractivity contribution in [2.45, 2.75) is 38.6 Å². The summed E-state index contributed by atoms with van der Waals surface area (Å²) in [7, 11) is 0. The maximum Gasteiger partial charge on any atom is 0.220 e. The highest BCUT2D eigenvalue weighted by molar-refractivity contribution is 7.98. The van der Waals surface area contributed by atoms with Crippen LogP contribution in [0.25, 0.3) is 5.69 Å². The Balaban J connectivity index is 2.05. The fourth-order valence-electron chi connectivity index (χ4n) is 3.26. The number of benzene rings is 1. The predicted octanol–water partition coefficient (Wildman–Crippen LogP) is 3.39. The normalized spacial score (nSPS) is 17.7. The molecule has 0 saturated carbocycles. The van der Waals surface area contributed by atoms with Crippen LogP contribution in [0, 0.1) is 5.82 Å². The molecule has 1 unspecified atom stereocenters. The van der Waals surface area contributed by atoms with Gasteiger partial charge in [-0.15, -0.1) is 0 Å². The van der Waals surface area contributed by atoms with Crippen LogP contribution in [-0.2, 0) is 11.2 Å². The molecule has 2 heterocycles. The third-order valence-electron chi connectivity index (χ3n) is 4.49. The summed E-state index contributed by atoms with van der Waals surface area (Å²) in [4.78, 5) is 18.6. The summed E-state index contributed by atoms with van der Waals surface area (Å²) in [5, 5.41) is 4.56. The number of aryl methyl sites for hydroxylation is 1. The van der Waals surface area contributed by atoms with Crippen LogP contribution >= 0.6 is 11.8 Å². The van der Waals surface area contributed by atoms with Gasteiger partial charge in [-0.05, 0) is 37.7 Å². The van der Waals surface area contributed by atoms with E-state index in [4.69, 9.17) is 4.98 Å². The van der Waals surface area contributed by atoms with Crippen molar-refractivity contribution in [1.82, 2.24) is 19.7 Å². The van der Waals surface area contributed by atoms with E-state index >= 15 is 0 Å². The lowest BCUT2D eigenvalue weighted by atomic mass is 10.0. The molecule has 0 bridgehead atoms. The van der Waals surface area contributed by atoms with Crippen LogP contribution < -0.4 is 0 Å². The van der Waals surface area contributed by atoms with E-state index in [2.05, 4.69) is 5.10 Å². The van der Waals surface area contributed by atoms with Gasteiger partial charge in [-0.3, -0.25) is 4.79 Å². The largest absolute Gasteiger partial charge is 0.333 e. The number of amides is 1. The van der Waals surface area contributed by atoms with Crippen molar-refractivity contribution in [2.24, 2.45) is 0 Å². The molecule has 0 aliphatic carbocycles. The van der Waals surface area contributed by atoms with Gasteiger partial charge in [-0.25, -0.2) is 14.1 Å². The Kier molecular flexibility index (Phi) is 5.73. The summed E-state index contributed by atoms with van der Waals surface area (Å²) in [6.45, 7) is 2.29. The molecule has 7 heteroatoms. The van der Waals surface area contributed by atoms with Gasteiger partial charge in [0.15, 0.2) is 11.6 Å². The molecule has 2 aromatic rings. The van der Waals surface area contributed by atoms with Gasteiger partial charge in [0, 0.05) is 25.6 Å². The number of piperidine rings is 1. The van der Waals surface area contributed by atoms with Crippen LogP contribution in [0.3, 0.4) is 0 Å². The molecule has 3 rings (SSSR count). The highest BCUT2D eigenvalue weighted by atomic mass is 32.2. The zero-order valence-corrected chi connectivity index (χ0v) is 15.4. The number of carbonyl (C=O) groups excluding carboxylic acids is 1. The van der Waals surface area contributed by atoms with Gasteiger partial charge >= 0.3 is 0 Å². The zero-order valence-electron chi connectivity index (χ0n) is 14.6. The quantitative estimate of drug-likeness (QED) is 0.818. The Morgan fingerprint density at radius 3 is 2.88 bits per heavy atom. The number of likely N-dealkylation sites (tertiary alicyclic amines) is 1. The molecular weight excluding hydrogens is 339 g/mol. The standard InChI is InChI=1S/C18H23FN4OS/c1-13(24)22-11-6-5-9-16(22)18-20-17(10-12-25-2)21-23(18)15-8-4-3-7-14(15)19/h3-4,7-8,16H,5-6,9-12H2,1-2H3. The highest BCUT2D eigenvalue weighted by Gasteiger charge is 2.31. The molecule has 1 aliphatic rings. The van der Waals surface area contributed by atoms with Crippen molar-refractivity contribution in [1.29, 1.82) is 0 Å². The topological polar surface area (TPSA) is 51.0 Å². The minimum atomic E-state index is -0.338. The average molecular weight is 362 g/mol. The number of nitrogens with zero attached hydrogens (tertiary/aromatic N) is 4. The monoisotopic (exact) mass is 362 g/mol. The summed E-state index contributed by atoms with van der Waals surface area (Å²) >= 11 is 1.72. The minimum absolute atomic E-state index is 0.0263. The van der Waals surface area contributed by atoms with Crippen molar-refractivity contribution in [2.75, 3.05) is 18.6 Å². The molecule has 134 valence electrons. The number of hydrogen-bond acceptors (Lipinski definition) is 4. The molecule has 1 aromatic carbocycles. The first-order valence-electron chi connectivity index (χ1n) is 8.58. The predicted molar refractivity (Wildman–Crippen MR) is 97.4 cm³/mol. The number of rotatable bonds is 5. The number of para-hydroxylation sites is 1. The SMILES string of the molecule is CSCCc1nc(C2CCCCN2C(C)=O)n(-c2ccccc2F)n1. The van der Waals surface area contributed by atoms with E-state index < -0.39 is 0 Å². The van der Waals surface area contributed by atoms with Crippen LogP contribution in [0.5, 0.6) is 0 Å². The van der Waals surface area contributed by atoms with Crippen LogP contribution in [0.4, 0.5) is 4.39 Å². The van der Waals surface area contributed by atoms with Gasteiger partial charge < -0.3 is 4.90 Å². The van der Waals surface area contributed by atoms with Crippen molar-refractivity contribution >= 4 is 17.7 Å². The van der Waals surface area contributed by atoms with E-state index in [1.165, 1.54) is 6.07 Å². The van der Waals surface area contributed by atoms with Crippen LogP contribution in [0.1, 0.15) is 43.9 Å². The van der Waals surface area contributed by atoms with E-state index in [-0.39, 0.29) is 17.8 Å². The van der Waals surface area contributed by atoms with E-state index in [0.717, 1.165) is 31.4 Å². The van der Waals surface area contributed by atoms with Gasteiger partial charge in [0.1, 0.15) is 11.5 Å². The Bertz CT molecular complexity index is 748. The van der Waals surface area contributed by atoms with Gasteiger partial charge in [-0.1, -0.05) is 12.1 Å². The second-order valence-electron chi connectivity index (χ2n) is 6.22. The molecule has 0 radical (unpaired) electrons. The first-order chi connectivity index (χ1) is 12.1. The molecule has 0 spiro atoms. The van der Waals surface area contributed by atoms with Gasteiger partial charge in [0.05, 0.1) is 6.04 Å². The molecule has 25 heavy (non-hydrogen) atoms.